The van der Waals surface area contributed by atoms with E-state index in [1.807, 2.05) is 0 Å². The molecule has 0 bridgehead atoms. The van der Waals surface area contributed by atoms with Gasteiger partial charge in [0.15, 0.2) is 0 Å². The van der Waals surface area contributed by atoms with Gasteiger partial charge in [-0.15, -0.1) is 0 Å². The van der Waals surface area contributed by atoms with Crippen LogP contribution in [0, 0.1) is 29.6 Å². The second kappa shape index (κ2) is 4.24. The van der Waals surface area contributed by atoms with Gasteiger partial charge < -0.3 is 0 Å². The highest BCUT2D eigenvalue weighted by Crippen LogP contribution is 2.34. The van der Waals surface area contributed by atoms with Gasteiger partial charge in [-0.1, -0.05) is 0 Å². The van der Waals surface area contributed by atoms with Crippen LogP contribution in [0.2, 0.25) is 0 Å². The van der Waals surface area contributed by atoms with Gasteiger partial charge in [-0.3, -0.25) is 0 Å². The lowest BCUT2D eigenvalue weighted by atomic mass is 9.95. The zero-order chi connectivity index (χ0) is 12.3. The van der Waals surface area contributed by atoms with E-state index in [1.165, 1.54) is 6.92 Å². The quantitative estimate of drug-likeness (QED) is 0.736. The Balaban J connectivity index is 3.46. The summed E-state index contributed by atoms with van der Waals surface area (Å²) in [5.41, 5.74) is -0.572. The Morgan fingerprint density at radius 3 is 2.31 bits per heavy atom. The minimum absolute atomic E-state index is 0.0481. The van der Waals surface area contributed by atoms with E-state index in [1.54, 1.807) is 12.1 Å². The smallest absolute Gasteiger partial charge is 0.198 e. The first-order valence-corrected chi connectivity index (χ1v) is 4.38. The van der Waals surface area contributed by atoms with E-state index in [0.29, 0.717) is 0 Å². The van der Waals surface area contributed by atoms with E-state index >= 15 is 0 Å². The molecule has 0 fully saturated rings. The molecule has 16 heavy (non-hydrogen) atoms. The van der Waals surface area contributed by atoms with E-state index < -0.39 is 11.7 Å². The van der Waals surface area contributed by atoms with Crippen LogP contribution in [0.5, 0.6) is 0 Å². The summed E-state index contributed by atoms with van der Waals surface area (Å²) in [5, 5.41) is 17.2. The van der Waals surface area contributed by atoms with Gasteiger partial charge in [0.25, 0.3) is 0 Å². The van der Waals surface area contributed by atoms with Crippen LogP contribution in [0.4, 0.5) is 13.2 Å². The fourth-order valence-electron chi connectivity index (χ4n) is 1.48. The van der Waals surface area contributed by atoms with Crippen LogP contribution in [0.3, 0.4) is 0 Å². The van der Waals surface area contributed by atoms with Gasteiger partial charge in [-0.2, -0.15) is 23.7 Å². The van der Waals surface area contributed by atoms with Crippen molar-refractivity contribution in [2.45, 2.75) is 19.5 Å². The lowest BCUT2D eigenvalue weighted by Gasteiger charge is -2.13. The van der Waals surface area contributed by atoms with Gasteiger partial charge >= 0.3 is 6.18 Å². The van der Waals surface area contributed by atoms with Crippen molar-refractivity contribution in [2.75, 3.05) is 0 Å². The summed E-state index contributed by atoms with van der Waals surface area (Å²) in [5.74, 6) is 0. The molecule has 0 amide bonds. The third kappa shape index (κ3) is 2.14. The third-order valence-electron chi connectivity index (χ3n) is 2.28. The predicted octanol–water partition coefficient (Wildman–Crippen LogP) is 2.95. The molecule has 5 heteroatoms. The Bertz CT molecular complexity index is 490. The van der Waals surface area contributed by atoms with E-state index in [2.05, 4.69) is 0 Å². The van der Waals surface area contributed by atoms with Crippen molar-refractivity contribution in [3.05, 3.63) is 34.4 Å². The van der Waals surface area contributed by atoms with Crippen LogP contribution in [-0.4, -0.2) is 0 Å². The third-order valence-corrected chi connectivity index (χ3v) is 2.28. The molecule has 0 atom stereocenters. The molecule has 0 aliphatic carbocycles. The average molecular weight is 224 g/mol. The maximum Gasteiger partial charge on any atom is 0.416 e. The zero-order valence-corrected chi connectivity index (χ0v) is 8.39. The molecule has 1 rings (SSSR count). The highest BCUT2D eigenvalue weighted by Gasteiger charge is 2.33. The highest BCUT2D eigenvalue weighted by molar-refractivity contribution is 5.48. The molecule has 0 aliphatic heterocycles. The maximum atomic E-state index is 12.5. The first kappa shape index (κ1) is 12.1. The first-order chi connectivity index (χ1) is 7.41. The normalized spacial score (nSPS) is 10.6. The van der Waals surface area contributed by atoms with Crippen molar-refractivity contribution in [2.24, 2.45) is 0 Å². The number of nitrogens with zero attached hydrogens (tertiary/aromatic N) is 2. The molecular weight excluding hydrogens is 217 g/mol. The Labute approximate surface area is 90.5 Å². The molecule has 2 nitrogen and oxygen atoms in total. The van der Waals surface area contributed by atoms with E-state index in [-0.39, 0.29) is 23.1 Å². The molecule has 1 aromatic carbocycles. The Hall–Kier alpha value is -2.01. The van der Waals surface area contributed by atoms with Crippen LogP contribution in [0.1, 0.15) is 22.3 Å². The Morgan fingerprint density at radius 1 is 1.25 bits per heavy atom. The number of rotatable bonds is 1. The van der Waals surface area contributed by atoms with Crippen LogP contribution >= 0.6 is 0 Å². The lowest BCUT2D eigenvalue weighted by Crippen LogP contribution is -2.10. The molecule has 0 N–H and O–H groups in total. The number of nitriles is 2. The predicted molar refractivity (Wildman–Crippen MR) is 50.2 cm³/mol. The second-order valence-electron chi connectivity index (χ2n) is 3.21. The molecular formula is C11H7F3N2. The second-order valence-corrected chi connectivity index (χ2v) is 3.21. The SMILES string of the molecule is Cc1c(C(F)(F)F)ccc(C#N)c1CC#N. The summed E-state index contributed by atoms with van der Waals surface area (Å²) in [6.07, 6.45) is -4.65. The molecule has 1 aromatic rings. The van der Waals surface area contributed by atoms with Gasteiger partial charge in [0.2, 0.25) is 0 Å². The zero-order valence-electron chi connectivity index (χ0n) is 8.39. The molecule has 0 aliphatic rings. The minimum Gasteiger partial charge on any atom is -0.198 e. The standard InChI is InChI=1S/C11H7F3N2/c1-7-9(4-5-15)8(6-16)2-3-10(7)11(12,13)14/h2-3H,4H2,1H3. The fourth-order valence-corrected chi connectivity index (χ4v) is 1.48. The summed E-state index contributed by atoms with van der Waals surface area (Å²) >= 11 is 0. The van der Waals surface area contributed by atoms with E-state index in [4.69, 9.17) is 10.5 Å². The number of halogens is 3. The monoisotopic (exact) mass is 224 g/mol. The van der Waals surface area contributed by atoms with Gasteiger partial charge in [-0.05, 0) is 30.2 Å². The van der Waals surface area contributed by atoms with Crippen molar-refractivity contribution in [3.8, 4) is 12.1 Å². The van der Waals surface area contributed by atoms with E-state index in [0.717, 1.165) is 12.1 Å². The molecule has 0 radical (unpaired) electrons. The number of alkyl halides is 3. The number of hydrogen-bond acceptors (Lipinski definition) is 2. The Morgan fingerprint density at radius 2 is 1.88 bits per heavy atom. The summed E-state index contributed by atoms with van der Waals surface area (Å²) in [6.45, 7) is 1.27. The topological polar surface area (TPSA) is 47.6 Å². The van der Waals surface area contributed by atoms with Crippen molar-refractivity contribution >= 4 is 0 Å². The van der Waals surface area contributed by atoms with Crippen molar-refractivity contribution in [3.63, 3.8) is 0 Å². The van der Waals surface area contributed by atoms with Crippen LogP contribution < -0.4 is 0 Å². The van der Waals surface area contributed by atoms with Gasteiger partial charge in [0, 0.05) is 0 Å². The first-order valence-electron chi connectivity index (χ1n) is 4.38. The van der Waals surface area contributed by atoms with Gasteiger partial charge in [0.05, 0.1) is 29.7 Å². The van der Waals surface area contributed by atoms with E-state index in [9.17, 15) is 13.2 Å². The van der Waals surface area contributed by atoms with Crippen LogP contribution in [0.25, 0.3) is 0 Å². The molecule has 0 heterocycles. The van der Waals surface area contributed by atoms with Crippen LogP contribution in [0.15, 0.2) is 12.1 Å². The molecule has 0 aromatic heterocycles. The summed E-state index contributed by atoms with van der Waals surface area (Å²) in [7, 11) is 0. The molecule has 0 spiro atoms. The summed E-state index contributed by atoms with van der Waals surface area (Å²) in [6, 6.07) is 5.51. The number of benzene rings is 1. The van der Waals surface area contributed by atoms with Crippen molar-refractivity contribution in [1.82, 2.24) is 0 Å². The maximum absolute atomic E-state index is 12.5. The molecule has 0 saturated heterocycles. The minimum atomic E-state index is -4.46. The van der Waals surface area contributed by atoms with Crippen molar-refractivity contribution < 1.29 is 13.2 Å². The molecule has 82 valence electrons. The van der Waals surface area contributed by atoms with Gasteiger partial charge in [0.1, 0.15) is 0 Å². The Kier molecular flexibility index (Phi) is 3.20. The van der Waals surface area contributed by atoms with Crippen LogP contribution in [-0.2, 0) is 12.6 Å². The average Bonchev–Trinajstić information content (AvgIpc) is 2.19. The summed E-state index contributed by atoms with van der Waals surface area (Å²) < 4.78 is 37.6. The molecule has 0 saturated carbocycles. The number of hydrogen-bond donors (Lipinski definition) is 0. The highest BCUT2D eigenvalue weighted by atomic mass is 19.4. The largest absolute Gasteiger partial charge is 0.416 e. The fraction of sp³-hybridized carbons (Fsp3) is 0.273. The van der Waals surface area contributed by atoms with Gasteiger partial charge in [-0.25, -0.2) is 0 Å². The van der Waals surface area contributed by atoms with Crippen molar-refractivity contribution in [1.29, 1.82) is 10.5 Å². The lowest BCUT2D eigenvalue weighted by molar-refractivity contribution is -0.138. The molecule has 0 unspecified atom stereocenters. The summed E-state index contributed by atoms with van der Waals surface area (Å²) in [4.78, 5) is 0.